The van der Waals surface area contributed by atoms with Gasteiger partial charge in [-0.3, -0.25) is 23.7 Å². The highest BCUT2D eigenvalue weighted by Gasteiger charge is 2.65. The summed E-state index contributed by atoms with van der Waals surface area (Å²) in [5, 5.41) is 14.2. The minimum atomic E-state index is -4.69. The van der Waals surface area contributed by atoms with Crippen LogP contribution in [0, 0.1) is 0 Å². The monoisotopic (exact) mass is 597 g/mol. The maximum Gasteiger partial charge on any atom is 0.459 e. The van der Waals surface area contributed by atoms with Crippen LogP contribution >= 0.6 is 7.75 Å². The Bertz CT molecular complexity index is 1590. The third-order valence-corrected chi connectivity index (χ3v) is 7.90. The van der Waals surface area contributed by atoms with E-state index in [1.54, 1.807) is 50.2 Å². The van der Waals surface area contributed by atoms with Gasteiger partial charge < -0.3 is 19.1 Å². The first kappa shape index (κ1) is 30.5. The minimum absolute atomic E-state index is 0.0529. The fourth-order valence-electron chi connectivity index (χ4n) is 4.27. The van der Waals surface area contributed by atoms with E-state index in [9.17, 15) is 24.1 Å². The van der Waals surface area contributed by atoms with Gasteiger partial charge in [0, 0.05) is 17.6 Å². The molecule has 0 saturated carbocycles. The predicted octanol–water partition coefficient (Wildman–Crippen LogP) is 3.11. The standard InChI is InChI=1S/C26H30F2N3O9P/c1-15(2)38-21(33)16(3)30-41(36,40-19-11-7-9-17-8-5-6-10-18(17)19)37-14-26(28)22(34)25(4,27)23(39-26)31-13-12-20(32)29-24(31)35/h5-13,15-16,22-23,34H,14H2,1-4H3,(H,30,36)(H,29,32,35)/t16-,22-,23+,25+,26+,41-/m0/s1. The van der Waals surface area contributed by atoms with Crippen molar-refractivity contribution in [2.45, 2.75) is 63.7 Å². The molecule has 0 bridgehead atoms. The molecule has 1 aliphatic rings. The van der Waals surface area contributed by atoms with Gasteiger partial charge in [-0.1, -0.05) is 36.4 Å². The summed E-state index contributed by atoms with van der Waals surface area (Å²) in [6, 6.07) is 11.4. The molecule has 0 spiro atoms. The largest absolute Gasteiger partial charge is 0.462 e. The maximum absolute atomic E-state index is 16.0. The van der Waals surface area contributed by atoms with Gasteiger partial charge in [0.25, 0.3) is 11.4 Å². The fraction of sp³-hybridized carbons (Fsp3) is 0.423. The third-order valence-electron chi connectivity index (χ3n) is 6.29. The summed E-state index contributed by atoms with van der Waals surface area (Å²) >= 11 is 0. The number of esters is 1. The smallest absolute Gasteiger partial charge is 0.459 e. The molecule has 0 unspecified atom stereocenters. The van der Waals surface area contributed by atoms with E-state index in [4.69, 9.17) is 18.5 Å². The Balaban J connectivity index is 1.64. The van der Waals surface area contributed by atoms with Gasteiger partial charge in [0.1, 0.15) is 18.4 Å². The quantitative estimate of drug-likeness (QED) is 0.234. The number of aliphatic hydroxyl groups excluding tert-OH is 1. The molecule has 0 radical (unpaired) electrons. The summed E-state index contributed by atoms with van der Waals surface area (Å²) in [5.41, 5.74) is -4.82. The van der Waals surface area contributed by atoms with E-state index in [-0.39, 0.29) is 5.75 Å². The second kappa shape index (κ2) is 11.5. The number of carbonyl (C=O) groups is 1. The lowest BCUT2D eigenvalue weighted by Crippen LogP contribution is -2.47. The number of benzene rings is 2. The van der Waals surface area contributed by atoms with Gasteiger partial charge in [0.05, 0.1) is 6.10 Å². The van der Waals surface area contributed by atoms with Crippen molar-refractivity contribution >= 4 is 24.5 Å². The van der Waals surface area contributed by atoms with Crippen molar-refractivity contribution in [1.29, 1.82) is 0 Å². The molecule has 0 amide bonds. The summed E-state index contributed by atoms with van der Waals surface area (Å²) in [6.07, 6.45) is -4.21. The number of aromatic nitrogens is 2. The fourth-order valence-corrected chi connectivity index (χ4v) is 5.79. The van der Waals surface area contributed by atoms with Crippen molar-refractivity contribution in [3.8, 4) is 5.75 Å². The van der Waals surface area contributed by atoms with Crippen LogP contribution in [-0.2, 0) is 23.4 Å². The molecule has 1 saturated heterocycles. The first-order valence-electron chi connectivity index (χ1n) is 12.6. The molecule has 2 heterocycles. The van der Waals surface area contributed by atoms with E-state index >= 15 is 8.78 Å². The number of nitrogens with one attached hydrogen (secondary N) is 2. The number of aliphatic hydroxyl groups is 1. The lowest BCUT2D eigenvalue weighted by atomic mass is 9.97. The molecule has 1 fully saturated rings. The van der Waals surface area contributed by atoms with E-state index in [2.05, 4.69) is 5.09 Å². The molecule has 3 aromatic rings. The van der Waals surface area contributed by atoms with Gasteiger partial charge in [0.2, 0.25) is 0 Å². The predicted molar refractivity (Wildman–Crippen MR) is 143 cm³/mol. The van der Waals surface area contributed by atoms with Crippen LogP contribution in [0.3, 0.4) is 0 Å². The minimum Gasteiger partial charge on any atom is -0.462 e. The third kappa shape index (κ3) is 6.41. The highest BCUT2D eigenvalue weighted by molar-refractivity contribution is 7.52. The van der Waals surface area contributed by atoms with Crippen molar-refractivity contribution in [2.75, 3.05) is 6.61 Å². The van der Waals surface area contributed by atoms with Crippen molar-refractivity contribution in [3.05, 3.63) is 75.6 Å². The highest BCUT2D eigenvalue weighted by atomic mass is 31.2. The van der Waals surface area contributed by atoms with E-state index in [0.717, 1.165) is 19.2 Å². The lowest BCUT2D eigenvalue weighted by molar-refractivity contribution is -0.204. The van der Waals surface area contributed by atoms with Gasteiger partial charge in [-0.2, -0.15) is 5.09 Å². The van der Waals surface area contributed by atoms with Gasteiger partial charge in [-0.25, -0.2) is 18.1 Å². The number of alkyl halides is 2. The average Bonchev–Trinajstić information content (AvgIpc) is 3.07. The number of rotatable bonds is 10. The van der Waals surface area contributed by atoms with Crippen LogP contribution in [-0.4, -0.2) is 57.0 Å². The van der Waals surface area contributed by atoms with Crippen LogP contribution in [0.25, 0.3) is 10.8 Å². The summed E-state index contributed by atoms with van der Waals surface area (Å²) < 4.78 is 67.5. The van der Waals surface area contributed by atoms with E-state index in [1.165, 1.54) is 13.0 Å². The molecule has 12 nitrogen and oxygen atoms in total. The molecule has 41 heavy (non-hydrogen) atoms. The Morgan fingerprint density at radius 1 is 1.17 bits per heavy atom. The van der Waals surface area contributed by atoms with Crippen LogP contribution in [0.4, 0.5) is 8.78 Å². The number of halogens is 2. The van der Waals surface area contributed by atoms with Crippen LogP contribution in [0.2, 0.25) is 0 Å². The number of fused-ring (bicyclic) bond motifs is 1. The number of hydrogen-bond acceptors (Lipinski definition) is 9. The van der Waals surface area contributed by atoms with E-state index in [0.29, 0.717) is 15.3 Å². The van der Waals surface area contributed by atoms with Crippen molar-refractivity contribution < 1.29 is 41.8 Å². The highest BCUT2D eigenvalue weighted by Crippen LogP contribution is 2.52. The van der Waals surface area contributed by atoms with Crippen molar-refractivity contribution in [2.24, 2.45) is 0 Å². The summed E-state index contributed by atoms with van der Waals surface area (Å²) in [4.78, 5) is 38.0. The Labute approximate surface area is 232 Å². The molecule has 3 N–H and O–H groups in total. The van der Waals surface area contributed by atoms with Crippen LogP contribution < -0.4 is 20.9 Å². The van der Waals surface area contributed by atoms with E-state index < -0.39 is 67.6 Å². The molecule has 1 aliphatic heterocycles. The second-order valence-corrected chi connectivity index (χ2v) is 11.7. The zero-order valence-electron chi connectivity index (χ0n) is 22.6. The number of hydrogen-bond donors (Lipinski definition) is 3. The Hall–Kier alpha value is -3.42. The first-order valence-corrected chi connectivity index (χ1v) is 14.1. The van der Waals surface area contributed by atoms with Gasteiger partial charge >= 0.3 is 19.4 Å². The molecule has 222 valence electrons. The summed E-state index contributed by atoms with van der Waals surface area (Å²) in [6.45, 7) is 3.96. The molecule has 4 rings (SSSR count). The molecular formula is C26H30F2N3O9P. The second-order valence-electron chi connectivity index (χ2n) is 10.0. The molecular weight excluding hydrogens is 567 g/mol. The Kier molecular flexibility index (Phi) is 8.53. The number of aromatic amines is 1. The first-order chi connectivity index (χ1) is 19.1. The summed E-state index contributed by atoms with van der Waals surface area (Å²) in [7, 11) is -4.69. The van der Waals surface area contributed by atoms with E-state index in [1.807, 2.05) is 4.98 Å². The zero-order chi connectivity index (χ0) is 30.2. The Morgan fingerprint density at radius 2 is 1.85 bits per heavy atom. The van der Waals surface area contributed by atoms with Gasteiger partial charge in [-0.05, 0) is 39.1 Å². The zero-order valence-corrected chi connectivity index (χ0v) is 23.5. The van der Waals surface area contributed by atoms with Crippen LogP contribution in [0.5, 0.6) is 5.75 Å². The summed E-state index contributed by atoms with van der Waals surface area (Å²) in [5.74, 6) is -4.12. The number of nitrogens with zero attached hydrogens (tertiary/aromatic N) is 1. The van der Waals surface area contributed by atoms with Crippen LogP contribution in [0.1, 0.15) is 33.9 Å². The van der Waals surface area contributed by atoms with Gasteiger partial charge in [-0.15, -0.1) is 0 Å². The van der Waals surface area contributed by atoms with Crippen molar-refractivity contribution in [3.63, 3.8) is 0 Å². The number of H-pyrrole nitrogens is 1. The normalized spacial score (nSPS) is 26.5. The molecule has 6 atom stereocenters. The van der Waals surface area contributed by atoms with Crippen molar-refractivity contribution in [1.82, 2.24) is 14.6 Å². The Morgan fingerprint density at radius 3 is 2.54 bits per heavy atom. The van der Waals surface area contributed by atoms with Gasteiger partial charge in [0.15, 0.2) is 18.0 Å². The molecule has 1 aromatic heterocycles. The topological polar surface area (TPSA) is 158 Å². The van der Waals surface area contributed by atoms with Crippen LogP contribution in [0.15, 0.2) is 64.3 Å². The number of ether oxygens (including phenoxy) is 2. The molecule has 2 aromatic carbocycles. The molecule has 15 heteroatoms. The maximum atomic E-state index is 16.0. The SMILES string of the molecule is CC(C)OC(=O)[C@H](C)N[P@](=O)(OC[C@@]1(F)O[C@@H](n2ccc(=O)[nH]c2=O)[C@](C)(F)[C@@H]1O)Oc1cccc2ccccc12. The molecule has 0 aliphatic carbocycles. The number of carbonyl (C=O) groups excluding carboxylic acids is 1. The average molecular weight is 598 g/mol. The lowest BCUT2D eigenvalue weighted by Gasteiger charge is -2.28.